The minimum atomic E-state index is -0.758. The molecule has 21 heavy (non-hydrogen) atoms. The lowest BCUT2D eigenvalue weighted by atomic mass is 9.85. The highest BCUT2D eigenvalue weighted by Gasteiger charge is 2.32. The molecule has 3 atom stereocenters. The lowest BCUT2D eigenvalue weighted by Crippen LogP contribution is -2.50. The second-order valence-corrected chi connectivity index (χ2v) is 6.33. The molecule has 0 aromatic rings. The van der Waals surface area contributed by atoms with Gasteiger partial charge in [-0.05, 0) is 31.1 Å². The number of carbonyl (C=O) groups excluding carboxylic acids is 1. The molecule has 2 saturated heterocycles. The Morgan fingerprint density at radius 1 is 1.43 bits per heavy atom. The zero-order valence-corrected chi connectivity index (χ0v) is 13.0. The van der Waals surface area contributed by atoms with Crippen LogP contribution in [-0.4, -0.2) is 66.3 Å². The van der Waals surface area contributed by atoms with Crippen molar-refractivity contribution in [2.24, 2.45) is 11.8 Å². The lowest BCUT2D eigenvalue weighted by Gasteiger charge is -2.38. The number of nitrogens with zero attached hydrogens (tertiary/aromatic N) is 2. The lowest BCUT2D eigenvalue weighted by molar-refractivity contribution is -0.138. The van der Waals surface area contributed by atoms with Gasteiger partial charge in [-0.1, -0.05) is 6.92 Å². The van der Waals surface area contributed by atoms with Gasteiger partial charge >= 0.3 is 12.0 Å². The van der Waals surface area contributed by atoms with Crippen LogP contribution in [0.3, 0.4) is 0 Å². The van der Waals surface area contributed by atoms with E-state index in [-0.39, 0.29) is 30.3 Å². The number of carbonyl (C=O) groups is 2. The number of amides is 2. The Balaban J connectivity index is 1.90. The Hall–Kier alpha value is -1.30. The zero-order chi connectivity index (χ0) is 15.4. The number of carboxylic acids is 1. The van der Waals surface area contributed by atoms with E-state index >= 15 is 0 Å². The van der Waals surface area contributed by atoms with Crippen LogP contribution in [0.1, 0.15) is 32.6 Å². The maximum Gasteiger partial charge on any atom is 0.320 e. The third-order valence-corrected chi connectivity index (χ3v) is 4.78. The normalized spacial score (nSPS) is 27.4. The number of hydrogen-bond donors (Lipinski definition) is 1. The maximum atomic E-state index is 12.6. The van der Waals surface area contributed by atoms with Crippen molar-refractivity contribution in [1.82, 2.24) is 9.80 Å². The first-order valence-electron chi connectivity index (χ1n) is 7.80. The summed E-state index contributed by atoms with van der Waals surface area (Å²) in [4.78, 5) is 27.1. The molecule has 3 unspecified atom stereocenters. The summed E-state index contributed by atoms with van der Waals surface area (Å²) in [5.74, 6) is -0.364. The summed E-state index contributed by atoms with van der Waals surface area (Å²) in [6.45, 7) is 4.76. The first-order chi connectivity index (χ1) is 9.99. The molecule has 0 aromatic heterocycles. The number of urea groups is 1. The maximum absolute atomic E-state index is 12.6. The molecule has 2 aliphatic rings. The number of hydrogen-bond acceptors (Lipinski definition) is 3. The molecule has 0 bridgehead atoms. The monoisotopic (exact) mass is 298 g/mol. The van der Waals surface area contributed by atoms with Gasteiger partial charge in [-0.2, -0.15) is 0 Å². The third kappa shape index (κ3) is 4.09. The van der Waals surface area contributed by atoms with Crippen molar-refractivity contribution in [2.45, 2.75) is 38.6 Å². The van der Waals surface area contributed by atoms with Crippen LogP contribution in [0.25, 0.3) is 0 Å². The van der Waals surface area contributed by atoms with E-state index in [0.717, 1.165) is 32.4 Å². The average Bonchev–Trinajstić information content (AvgIpc) is 2.99. The van der Waals surface area contributed by atoms with Crippen molar-refractivity contribution in [1.29, 1.82) is 0 Å². The highest BCUT2D eigenvalue weighted by atomic mass is 16.5. The van der Waals surface area contributed by atoms with Gasteiger partial charge in [0.1, 0.15) is 0 Å². The van der Waals surface area contributed by atoms with Crippen molar-refractivity contribution < 1.29 is 19.4 Å². The Kier molecular flexibility index (Phi) is 5.45. The van der Waals surface area contributed by atoms with E-state index in [0.29, 0.717) is 13.2 Å². The first-order valence-corrected chi connectivity index (χ1v) is 7.80. The van der Waals surface area contributed by atoms with Crippen molar-refractivity contribution in [3.05, 3.63) is 0 Å². The molecule has 6 nitrogen and oxygen atoms in total. The molecule has 1 N–H and O–H groups in total. The molecule has 0 aliphatic carbocycles. The number of piperidine rings is 1. The number of carboxylic acid groups (broad SMARTS) is 1. The molecule has 0 saturated carbocycles. The largest absolute Gasteiger partial charge is 0.481 e. The molecule has 2 aliphatic heterocycles. The predicted octanol–water partition coefficient (Wildman–Crippen LogP) is 1.65. The molecular weight excluding hydrogens is 272 g/mol. The average molecular weight is 298 g/mol. The van der Waals surface area contributed by atoms with Crippen LogP contribution in [-0.2, 0) is 9.53 Å². The highest BCUT2D eigenvalue weighted by molar-refractivity contribution is 5.74. The fraction of sp³-hybridized carbons (Fsp3) is 0.867. The third-order valence-electron chi connectivity index (χ3n) is 4.78. The van der Waals surface area contributed by atoms with E-state index in [1.165, 1.54) is 0 Å². The van der Waals surface area contributed by atoms with Crippen molar-refractivity contribution >= 4 is 12.0 Å². The highest BCUT2D eigenvalue weighted by Crippen LogP contribution is 2.27. The van der Waals surface area contributed by atoms with Gasteiger partial charge < -0.3 is 19.6 Å². The minimum absolute atomic E-state index is 0.0534. The Labute approximate surface area is 126 Å². The molecule has 6 heteroatoms. The Morgan fingerprint density at radius 3 is 2.81 bits per heavy atom. The topological polar surface area (TPSA) is 70.1 Å². The summed E-state index contributed by atoms with van der Waals surface area (Å²) < 4.78 is 5.34. The van der Waals surface area contributed by atoms with Crippen molar-refractivity contribution in [3.63, 3.8) is 0 Å². The summed E-state index contributed by atoms with van der Waals surface area (Å²) >= 11 is 0. The molecule has 0 radical (unpaired) electrons. The van der Waals surface area contributed by atoms with Crippen LogP contribution < -0.4 is 0 Å². The van der Waals surface area contributed by atoms with Crippen molar-refractivity contribution in [3.8, 4) is 0 Å². The summed E-state index contributed by atoms with van der Waals surface area (Å²) in [6.07, 6.45) is 3.04. The Morgan fingerprint density at radius 2 is 2.19 bits per heavy atom. The molecular formula is C15H26N2O4. The molecule has 120 valence electrons. The SMILES string of the molecule is CC(CC(=O)O)C1CCCN(C(=O)N(C)C2CCOC2)C1. The van der Waals surface area contributed by atoms with Gasteiger partial charge in [-0.3, -0.25) is 4.79 Å². The van der Waals surface area contributed by atoms with Crippen LogP contribution in [0.4, 0.5) is 4.79 Å². The van der Waals surface area contributed by atoms with E-state index in [2.05, 4.69) is 0 Å². The molecule has 2 amide bonds. The fourth-order valence-electron chi connectivity index (χ4n) is 3.30. The first kappa shape index (κ1) is 16.1. The predicted molar refractivity (Wildman–Crippen MR) is 78.1 cm³/mol. The Bertz CT molecular complexity index is 382. The fourth-order valence-corrected chi connectivity index (χ4v) is 3.30. The van der Waals surface area contributed by atoms with Gasteiger partial charge in [0.05, 0.1) is 12.6 Å². The zero-order valence-electron chi connectivity index (χ0n) is 13.0. The number of ether oxygens (including phenoxy) is 1. The van der Waals surface area contributed by atoms with Gasteiger partial charge in [-0.15, -0.1) is 0 Å². The number of rotatable bonds is 4. The quantitative estimate of drug-likeness (QED) is 0.857. The molecule has 2 fully saturated rings. The molecule has 2 heterocycles. The summed E-state index contributed by atoms with van der Waals surface area (Å²) in [7, 11) is 1.84. The minimum Gasteiger partial charge on any atom is -0.481 e. The van der Waals surface area contributed by atoms with Gasteiger partial charge in [0, 0.05) is 33.2 Å². The van der Waals surface area contributed by atoms with Gasteiger partial charge in [0.15, 0.2) is 0 Å². The van der Waals surface area contributed by atoms with Crippen LogP contribution >= 0.6 is 0 Å². The standard InChI is InChI=1S/C15H26N2O4/c1-11(8-14(18)19)12-4-3-6-17(9-12)15(20)16(2)13-5-7-21-10-13/h11-13H,3-10H2,1-2H3,(H,18,19). The molecule has 0 spiro atoms. The second-order valence-electron chi connectivity index (χ2n) is 6.33. The summed E-state index contributed by atoms with van der Waals surface area (Å²) in [6, 6.07) is 0.229. The van der Waals surface area contributed by atoms with Crippen LogP contribution in [0.2, 0.25) is 0 Å². The summed E-state index contributed by atoms with van der Waals surface area (Å²) in [5, 5.41) is 8.92. The molecule has 0 aromatic carbocycles. The van der Waals surface area contributed by atoms with Gasteiger partial charge in [0.2, 0.25) is 0 Å². The molecule has 2 rings (SSSR count). The van der Waals surface area contributed by atoms with Crippen LogP contribution in [0.15, 0.2) is 0 Å². The second kappa shape index (κ2) is 7.11. The smallest absolute Gasteiger partial charge is 0.320 e. The van der Waals surface area contributed by atoms with E-state index in [1.807, 2.05) is 18.9 Å². The number of likely N-dealkylation sites (tertiary alicyclic amines) is 1. The summed E-state index contributed by atoms with van der Waals surface area (Å²) in [5.41, 5.74) is 0. The van der Waals surface area contributed by atoms with Crippen LogP contribution in [0, 0.1) is 11.8 Å². The van der Waals surface area contributed by atoms with Gasteiger partial charge in [-0.25, -0.2) is 4.79 Å². The number of aliphatic carboxylic acids is 1. The number of likely N-dealkylation sites (N-methyl/N-ethyl adjacent to an activating group) is 1. The van der Waals surface area contributed by atoms with E-state index in [4.69, 9.17) is 9.84 Å². The van der Waals surface area contributed by atoms with Crippen molar-refractivity contribution in [2.75, 3.05) is 33.4 Å². The van der Waals surface area contributed by atoms with Gasteiger partial charge in [0.25, 0.3) is 0 Å². The van der Waals surface area contributed by atoms with Crippen LogP contribution in [0.5, 0.6) is 0 Å². The van der Waals surface area contributed by atoms with E-state index in [1.54, 1.807) is 4.90 Å². The van der Waals surface area contributed by atoms with E-state index < -0.39 is 5.97 Å². The van der Waals surface area contributed by atoms with E-state index in [9.17, 15) is 9.59 Å².